The van der Waals surface area contributed by atoms with Crippen molar-refractivity contribution in [1.29, 1.82) is 0 Å². The Labute approximate surface area is 95.4 Å². The van der Waals surface area contributed by atoms with Crippen LogP contribution in [0.5, 0.6) is 0 Å². The fourth-order valence-corrected chi connectivity index (χ4v) is 1.15. The number of hydrogen-bond acceptors (Lipinski definition) is 6. The molecule has 0 aliphatic rings. The van der Waals surface area contributed by atoms with Crippen LogP contribution in [0.2, 0.25) is 0 Å². The molecule has 0 aliphatic carbocycles. The second-order valence-electron chi connectivity index (χ2n) is 3.08. The van der Waals surface area contributed by atoms with Gasteiger partial charge in [0.1, 0.15) is 0 Å². The van der Waals surface area contributed by atoms with E-state index in [0.717, 1.165) is 0 Å². The standard InChI is InChI=1S/C8H11N5O4/c1-3-9-6-5(13(16)17)7(15)12-8(11-6)10-4(2)14/h3H2,1-2H3,(H3,9,10,11,12,14,15). The number of hydrogen-bond donors (Lipinski definition) is 3. The minimum atomic E-state index is -0.926. The summed E-state index contributed by atoms with van der Waals surface area (Å²) in [6, 6.07) is 0. The number of nitrogens with one attached hydrogen (secondary N) is 3. The smallest absolute Gasteiger partial charge is 0.364 e. The predicted octanol–water partition coefficient (Wildman–Crippen LogP) is 0.0683. The lowest BCUT2D eigenvalue weighted by molar-refractivity contribution is -0.385. The molecule has 17 heavy (non-hydrogen) atoms. The van der Waals surface area contributed by atoms with Crippen molar-refractivity contribution >= 4 is 23.4 Å². The van der Waals surface area contributed by atoms with Crippen LogP contribution in [0.3, 0.4) is 0 Å². The maximum Gasteiger partial charge on any atom is 0.375 e. The van der Waals surface area contributed by atoms with Gasteiger partial charge in [-0.05, 0) is 6.92 Å². The number of amides is 1. The number of nitrogens with zero attached hydrogens (tertiary/aromatic N) is 2. The molecule has 1 rings (SSSR count). The summed E-state index contributed by atoms with van der Waals surface area (Å²) in [6.45, 7) is 3.29. The Kier molecular flexibility index (Phi) is 3.75. The van der Waals surface area contributed by atoms with Crippen LogP contribution in [0, 0.1) is 10.1 Å². The van der Waals surface area contributed by atoms with Gasteiger partial charge in [-0.15, -0.1) is 0 Å². The molecule has 1 heterocycles. The van der Waals surface area contributed by atoms with Crippen LogP contribution in [-0.4, -0.2) is 27.3 Å². The van der Waals surface area contributed by atoms with Gasteiger partial charge in [0, 0.05) is 13.5 Å². The van der Waals surface area contributed by atoms with Gasteiger partial charge in [-0.1, -0.05) is 0 Å². The zero-order valence-electron chi connectivity index (χ0n) is 9.23. The van der Waals surface area contributed by atoms with Crippen LogP contribution in [-0.2, 0) is 4.79 Å². The van der Waals surface area contributed by atoms with Crippen molar-refractivity contribution in [3.63, 3.8) is 0 Å². The Hall–Kier alpha value is -2.45. The van der Waals surface area contributed by atoms with Gasteiger partial charge in [-0.2, -0.15) is 4.98 Å². The summed E-state index contributed by atoms with van der Waals surface area (Å²) < 4.78 is 0. The van der Waals surface area contributed by atoms with Gasteiger partial charge in [-0.25, -0.2) is 0 Å². The summed E-state index contributed by atoms with van der Waals surface area (Å²) >= 11 is 0. The van der Waals surface area contributed by atoms with Gasteiger partial charge < -0.3 is 5.32 Å². The van der Waals surface area contributed by atoms with Crippen molar-refractivity contribution in [2.24, 2.45) is 0 Å². The second kappa shape index (κ2) is 5.05. The van der Waals surface area contributed by atoms with Gasteiger partial charge in [0.2, 0.25) is 17.7 Å². The third kappa shape index (κ3) is 3.00. The van der Waals surface area contributed by atoms with Crippen molar-refractivity contribution in [3.05, 3.63) is 20.5 Å². The number of carbonyl (C=O) groups is 1. The average molecular weight is 241 g/mol. The molecule has 9 heteroatoms. The minimum absolute atomic E-state index is 0.135. The molecule has 0 aliphatic heterocycles. The van der Waals surface area contributed by atoms with E-state index < -0.39 is 22.1 Å². The van der Waals surface area contributed by atoms with E-state index in [2.05, 4.69) is 20.6 Å². The van der Waals surface area contributed by atoms with Crippen LogP contribution in [0.4, 0.5) is 17.5 Å². The lowest BCUT2D eigenvalue weighted by Crippen LogP contribution is -2.20. The number of rotatable bonds is 4. The third-order valence-corrected chi connectivity index (χ3v) is 1.72. The molecular weight excluding hydrogens is 230 g/mol. The molecule has 1 aromatic rings. The SMILES string of the molecule is CCNc1nc(NC(C)=O)[nH]c(=O)c1[N+](=O)[O-]. The first-order chi connectivity index (χ1) is 7.95. The lowest BCUT2D eigenvalue weighted by Gasteiger charge is -2.05. The van der Waals surface area contributed by atoms with Crippen LogP contribution in [0.1, 0.15) is 13.8 Å². The van der Waals surface area contributed by atoms with E-state index in [1.54, 1.807) is 6.92 Å². The molecule has 3 N–H and O–H groups in total. The molecule has 9 nitrogen and oxygen atoms in total. The summed E-state index contributed by atoms with van der Waals surface area (Å²) in [5.41, 5.74) is -1.61. The van der Waals surface area contributed by atoms with Crippen LogP contribution >= 0.6 is 0 Å². The maximum absolute atomic E-state index is 11.4. The largest absolute Gasteiger partial charge is 0.375 e. The van der Waals surface area contributed by atoms with E-state index in [1.165, 1.54) is 6.92 Å². The Morgan fingerprint density at radius 2 is 2.24 bits per heavy atom. The highest BCUT2D eigenvalue weighted by atomic mass is 16.6. The molecule has 0 unspecified atom stereocenters. The molecule has 0 saturated heterocycles. The normalized spacial score (nSPS) is 9.76. The molecule has 92 valence electrons. The fraction of sp³-hybridized carbons (Fsp3) is 0.375. The van der Waals surface area contributed by atoms with Gasteiger partial charge >= 0.3 is 11.2 Å². The predicted molar refractivity (Wildman–Crippen MR) is 60.0 cm³/mol. The Bertz CT molecular complexity index is 509. The van der Waals surface area contributed by atoms with Crippen molar-refractivity contribution in [2.75, 3.05) is 17.2 Å². The molecule has 0 atom stereocenters. The van der Waals surface area contributed by atoms with E-state index in [9.17, 15) is 19.7 Å². The molecule has 1 aromatic heterocycles. The van der Waals surface area contributed by atoms with E-state index in [4.69, 9.17) is 0 Å². The monoisotopic (exact) mass is 241 g/mol. The van der Waals surface area contributed by atoms with Gasteiger partial charge in [0.05, 0.1) is 4.92 Å². The van der Waals surface area contributed by atoms with Crippen LogP contribution < -0.4 is 16.2 Å². The van der Waals surface area contributed by atoms with E-state index >= 15 is 0 Å². The maximum atomic E-state index is 11.4. The van der Waals surface area contributed by atoms with Crippen molar-refractivity contribution in [1.82, 2.24) is 9.97 Å². The minimum Gasteiger partial charge on any atom is -0.364 e. The number of anilines is 2. The molecule has 0 spiro atoms. The van der Waals surface area contributed by atoms with E-state index in [-0.39, 0.29) is 11.8 Å². The highest BCUT2D eigenvalue weighted by molar-refractivity contribution is 5.86. The zero-order valence-corrected chi connectivity index (χ0v) is 9.23. The topological polar surface area (TPSA) is 130 Å². The summed E-state index contributed by atoms with van der Waals surface area (Å²) in [5.74, 6) is -0.751. The third-order valence-electron chi connectivity index (χ3n) is 1.72. The van der Waals surface area contributed by atoms with Crippen LogP contribution in [0.25, 0.3) is 0 Å². The fourth-order valence-electron chi connectivity index (χ4n) is 1.15. The van der Waals surface area contributed by atoms with Crippen LogP contribution in [0.15, 0.2) is 4.79 Å². The summed E-state index contributed by atoms with van der Waals surface area (Å²) in [7, 11) is 0. The van der Waals surface area contributed by atoms with Crippen molar-refractivity contribution < 1.29 is 9.72 Å². The first-order valence-electron chi connectivity index (χ1n) is 4.75. The Morgan fingerprint density at radius 3 is 2.71 bits per heavy atom. The van der Waals surface area contributed by atoms with Crippen molar-refractivity contribution in [3.8, 4) is 0 Å². The summed E-state index contributed by atoms with van der Waals surface area (Å²) in [6.07, 6.45) is 0. The molecule has 0 bridgehead atoms. The highest BCUT2D eigenvalue weighted by Gasteiger charge is 2.22. The first-order valence-corrected chi connectivity index (χ1v) is 4.75. The van der Waals surface area contributed by atoms with E-state index in [1.807, 2.05) is 0 Å². The quantitative estimate of drug-likeness (QED) is 0.505. The van der Waals surface area contributed by atoms with Gasteiger partial charge in [0.15, 0.2) is 0 Å². The summed E-state index contributed by atoms with van der Waals surface area (Å²) in [4.78, 5) is 37.9. The summed E-state index contributed by atoms with van der Waals surface area (Å²) in [5, 5.41) is 15.5. The van der Waals surface area contributed by atoms with E-state index in [0.29, 0.717) is 6.54 Å². The number of aromatic amines is 1. The number of nitro groups is 1. The highest BCUT2D eigenvalue weighted by Crippen LogP contribution is 2.17. The molecule has 0 aromatic carbocycles. The van der Waals surface area contributed by atoms with Gasteiger partial charge in [0.25, 0.3) is 0 Å². The number of carbonyl (C=O) groups excluding carboxylic acids is 1. The molecule has 0 saturated carbocycles. The molecule has 0 radical (unpaired) electrons. The Morgan fingerprint density at radius 1 is 1.59 bits per heavy atom. The van der Waals surface area contributed by atoms with Crippen molar-refractivity contribution in [2.45, 2.75) is 13.8 Å². The average Bonchev–Trinajstić information content (AvgIpc) is 2.15. The van der Waals surface area contributed by atoms with Gasteiger partial charge in [-0.3, -0.25) is 30.0 Å². The lowest BCUT2D eigenvalue weighted by atomic mass is 10.4. The number of H-pyrrole nitrogens is 1. The Balaban J connectivity index is 3.30. The number of aromatic nitrogens is 2. The zero-order chi connectivity index (χ0) is 13.0. The first kappa shape index (κ1) is 12.6. The second-order valence-corrected chi connectivity index (χ2v) is 3.08. The molecule has 0 fully saturated rings. The molecule has 1 amide bonds. The molecular formula is C8H11N5O4.